The molecule has 5 heteroatoms. The van der Waals surface area contributed by atoms with Gasteiger partial charge in [-0.15, -0.1) is 11.8 Å². The van der Waals surface area contributed by atoms with Crippen LogP contribution in [0.25, 0.3) is 0 Å². The van der Waals surface area contributed by atoms with E-state index in [1.807, 2.05) is 30.0 Å². The second-order valence-electron chi connectivity index (χ2n) is 4.21. The van der Waals surface area contributed by atoms with Crippen LogP contribution in [0.3, 0.4) is 0 Å². The molecule has 0 aromatic heterocycles. The smallest absolute Gasteiger partial charge is 0.322 e. The highest BCUT2D eigenvalue weighted by molar-refractivity contribution is 7.99. The van der Waals surface area contributed by atoms with E-state index in [9.17, 15) is 4.79 Å². The lowest BCUT2D eigenvalue weighted by Gasteiger charge is -2.20. The van der Waals surface area contributed by atoms with Crippen LogP contribution < -0.4 is 11.5 Å². The van der Waals surface area contributed by atoms with Gasteiger partial charge in [-0.2, -0.15) is 0 Å². The Kier molecular flexibility index (Phi) is 3.71. The fourth-order valence-corrected chi connectivity index (χ4v) is 2.97. The van der Waals surface area contributed by atoms with E-state index in [2.05, 4.69) is 0 Å². The zero-order chi connectivity index (χ0) is 12.4. The third-order valence-corrected chi connectivity index (χ3v) is 4.19. The van der Waals surface area contributed by atoms with Crippen LogP contribution >= 0.6 is 11.8 Å². The Morgan fingerprint density at radius 3 is 2.88 bits per heavy atom. The van der Waals surface area contributed by atoms with Crippen molar-refractivity contribution >= 4 is 17.7 Å². The number of thioether (sulfide) groups is 1. The second-order valence-corrected chi connectivity index (χ2v) is 5.35. The Morgan fingerprint density at radius 1 is 1.41 bits per heavy atom. The van der Waals surface area contributed by atoms with E-state index in [1.165, 1.54) is 10.5 Å². The van der Waals surface area contributed by atoms with Crippen molar-refractivity contribution in [2.75, 3.05) is 5.75 Å². The van der Waals surface area contributed by atoms with Crippen LogP contribution in [0.5, 0.6) is 0 Å². The van der Waals surface area contributed by atoms with Crippen molar-refractivity contribution in [2.45, 2.75) is 29.8 Å². The molecule has 1 aromatic carbocycles. The number of rotatable bonds is 3. The zero-order valence-corrected chi connectivity index (χ0v) is 10.2. The standard InChI is InChI=1S/C12H16N2O2S/c13-10(11(14)12(15)16)8-3-4-9-7(6-8)2-1-5-17-9/h3-4,6,10-11H,1-2,5,13-14H2,(H,15,16). The average molecular weight is 252 g/mol. The predicted octanol–water partition coefficient (Wildman–Crippen LogP) is 1.14. The lowest BCUT2D eigenvalue weighted by molar-refractivity contribution is -0.139. The van der Waals surface area contributed by atoms with Crippen molar-refractivity contribution in [2.24, 2.45) is 11.5 Å². The lowest BCUT2D eigenvalue weighted by Crippen LogP contribution is -2.40. The van der Waals surface area contributed by atoms with Crippen molar-refractivity contribution in [3.63, 3.8) is 0 Å². The molecule has 0 bridgehead atoms. The molecule has 1 heterocycles. The number of aryl methyl sites for hydroxylation is 1. The van der Waals surface area contributed by atoms with Gasteiger partial charge in [-0.3, -0.25) is 4.79 Å². The van der Waals surface area contributed by atoms with Crippen LogP contribution in [-0.2, 0) is 11.2 Å². The second kappa shape index (κ2) is 5.08. The number of benzene rings is 1. The molecule has 0 saturated heterocycles. The van der Waals surface area contributed by atoms with Crippen molar-refractivity contribution in [3.05, 3.63) is 29.3 Å². The number of carboxylic acids is 1. The molecule has 2 unspecified atom stereocenters. The van der Waals surface area contributed by atoms with Crippen LogP contribution in [0.1, 0.15) is 23.6 Å². The number of hydrogen-bond acceptors (Lipinski definition) is 4. The minimum Gasteiger partial charge on any atom is -0.480 e. The summed E-state index contributed by atoms with van der Waals surface area (Å²) in [6.45, 7) is 0. The molecule has 0 saturated carbocycles. The number of aliphatic carboxylic acids is 1. The summed E-state index contributed by atoms with van der Waals surface area (Å²) in [6, 6.07) is 4.19. The van der Waals surface area contributed by atoms with Gasteiger partial charge in [-0.05, 0) is 35.8 Å². The molecule has 1 aliphatic rings. The Labute approximate surface area is 104 Å². The first-order chi connectivity index (χ1) is 8.09. The number of carboxylic acid groups (broad SMARTS) is 1. The molecule has 5 N–H and O–H groups in total. The van der Waals surface area contributed by atoms with Crippen LogP contribution in [0.2, 0.25) is 0 Å². The van der Waals surface area contributed by atoms with Gasteiger partial charge in [-0.25, -0.2) is 0 Å². The molecular formula is C12H16N2O2S. The summed E-state index contributed by atoms with van der Waals surface area (Å²) in [6.07, 6.45) is 2.19. The third kappa shape index (κ3) is 2.62. The van der Waals surface area contributed by atoms with Crippen LogP contribution in [0.4, 0.5) is 0 Å². The summed E-state index contributed by atoms with van der Waals surface area (Å²) >= 11 is 1.84. The topological polar surface area (TPSA) is 89.3 Å². The minimum absolute atomic E-state index is 0.648. The van der Waals surface area contributed by atoms with E-state index in [1.54, 1.807) is 0 Å². The van der Waals surface area contributed by atoms with Crippen LogP contribution in [0, 0.1) is 0 Å². The van der Waals surface area contributed by atoms with E-state index in [0.29, 0.717) is 0 Å². The fourth-order valence-electron chi connectivity index (χ4n) is 1.95. The molecule has 0 amide bonds. The molecule has 2 atom stereocenters. The number of nitrogens with two attached hydrogens (primary N) is 2. The molecule has 1 aliphatic heterocycles. The van der Waals surface area contributed by atoms with Gasteiger partial charge < -0.3 is 16.6 Å². The monoisotopic (exact) mass is 252 g/mol. The summed E-state index contributed by atoms with van der Waals surface area (Å²) in [5.41, 5.74) is 13.5. The van der Waals surface area contributed by atoms with Crippen LogP contribution in [0.15, 0.2) is 23.1 Å². The van der Waals surface area contributed by atoms with E-state index >= 15 is 0 Å². The van der Waals surface area contributed by atoms with Gasteiger partial charge in [-0.1, -0.05) is 12.1 Å². The quantitative estimate of drug-likeness (QED) is 0.750. The summed E-state index contributed by atoms with van der Waals surface area (Å²) in [5, 5.41) is 8.84. The highest BCUT2D eigenvalue weighted by Gasteiger charge is 2.23. The lowest BCUT2D eigenvalue weighted by atomic mass is 9.97. The SMILES string of the molecule is NC(C(=O)O)C(N)c1ccc2c(c1)CCCS2. The van der Waals surface area contributed by atoms with Gasteiger partial charge in [0.05, 0.1) is 6.04 Å². The van der Waals surface area contributed by atoms with Crippen molar-refractivity contribution in [3.8, 4) is 0 Å². The van der Waals surface area contributed by atoms with Gasteiger partial charge in [0.25, 0.3) is 0 Å². The number of fused-ring (bicyclic) bond motifs is 1. The number of carbonyl (C=O) groups is 1. The first-order valence-corrected chi connectivity index (χ1v) is 6.58. The van der Waals surface area contributed by atoms with E-state index in [4.69, 9.17) is 16.6 Å². The third-order valence-electron chi connectivity index (χ3n) is 2.99. The van der Waals surface area contributed by atoms with E-state index < -0.39 is 18.1 Å². The molecule has 1 aromatic rings. The normalized spacial score (nSPS) is 18.2. The molecule has 0 radical (unpaired) electrons. The molecule has 0 fully saturated rings. The zero-order valence-electron chi connectivity index (χ0n) is 9.43. The van der Waals surface area contributed by atoms with Gasteiger partial charge in [0.1, 0.15) is 6.04 Å². The maximum atomic E-state index is 10.8. The molecule has 2 rings (SSSR count). The molecule has 4 nitrogen and oxygen atoms in total. The summed E-state index contributed by atoms with van der Waals surface area (Å²) in [4.78, 5) is 12.1. The van der Waals surface area contributed by atoms with Gasteiger partial charge in [0, 0.05) is 4.90 Å². The first kappa shape index (κ1) is 12.4. The summed E-state index contributed by atoms with van der Waals surface area (Å²) in [5.74, 6) is 0.0807. The molecule has 17 heavy (non-hydrogen) atoms. The van der Waals surface area contributed by atoms with Crippen LogP contribution in [-0.4, -0.2) is 22.9 Å². The largest absolute Gasteiger partial charge is 0.480 e. The van der Waals surface area contributed by atoms with Gasteiger partial charge >= 0.3 is 5.97 Å². The maximum Gasteiger partial charge on any atom is 0.322 e. The molecule has 92 valence electrons. The van der Waals surface area contributed by atoms with Gasteiger partial charge in [0.2, 0.25) is 0 Å². The summed E-state index contributed by atoms with van der Waals surface area (Å²) < 4.78 is 0. The number of hydrogen-bond donors (Lipinski definition) is 3. The summed E-state index contributed by atoms with van der Waals surface area (Å²) in [7, 11) is 0. The maximum absolute atomic E-state index is 10.8. The minimum atomic E-state index is -1.07. The first-order valence-electron chi connectivity index (χ1n) is 5.59. The van der Waals surface area contributed by atoms with Crippen molar-refractivity contribution in [1.29, 1.82) is 0 Å². The van der Waals surface area contributed by atoms with Crippen molar-refractivity contribution in [1.82, 2.24) is 0 Å². The molecule has 0 spiro atoms. The Balaban J connectivity index is 2.24. The van der Waals surface area contributed by atoms with Gasteiger partial charge in [0.15, 0.2) is 0 Å². The Bertz CT molecular complexity index is 437. The Morgan fingerprint density at radius 2 is 2.18 bits per heavy atom. The molecule has 0 aliphatic carbocycles. The highest BCUT2D eigenvalue weighted by atomic mass is 32.2. The molecular weight excluding hydrogens is 236 g/mol. The van der Waals surface area contributed by atoms with E-state index in [-0.39, 0.29) is 0 Å². The Hall–Kier alpha value is -1.04. The van der Waals surface area contributed by atoms with Crippen molar-refractivity contribution < 1.29 is 9.90 Å². The fraction of sp³-hybridized carbons (Fsp3) is 0.417. The predicted molar refractivity (Wildman–Crippen MR) is 68.0 cm³/mol. The highest BCUT2D eigenvalue weighted by Crippen LogP contribution is 2.31. The average Bonchev–Trinajstić information content (AvgIpc) is 2.36. The van der Waals surface area contributed by atoms with E-state index in [0.717, 1.165) is 24.2 Å².